The van der Waals surface area contributed by atoms with Gasteiger partial charge in [-0.2, -0.15) is 0 Å². The number of carbonyl (C=O) groups excluding carboxylic acids is 2. The number of amides is 2. The van der Waals surface area contributed by atoms with Gasteiger partial charge in [-0.05, 0) is 68.6 Å². The van der Waals surface area contributed by atoms with Crippen LogP contribution in [0.1, 0.15) is 79.9 Å². The van der Waals surface area contributed by atoms with Crippen molar-refractivity contribution in [3.8, 4) is 5.75 Å². The third-order valence-electron chi connectivity index (χ3n) is 9.89. The second-order valence-electron chi connectivity index (χ2n) is 12.0. The van der Waals surface area contributed by atoms with E-state index in [0.717, 1.165) is 23.1 Å². The third kappa shape index (κ3) is 4.81. The van der Waals surface area contributed by atoms with Crippen molar-refractivity contribution in [1.82, 2.24) is 24.8 Å². The minimum atomic E-state index is -2.79. The minimum Gasteiger partial charge on any atom is -0.487 e. The predicted molar refractivity (Wildman–Crippen MR) is 146 cm³/mol. The predicted octanol–water partition coefficient (Wildman–Crippen LogP) is 4.31. The quantitative estimate of drug-likeness (QED) is 0.476. The van der Waals surface area contributed by atoms with Crippen molar-refractivity contribution in [1.29, 1.82) is 0 Å². The number of rotatable bonds is 8. The molecular weight excluding hydrogens is 572 g/mol. The van der Waals surface area contributed by atoms with Crippen LogP contribution in [0, 0.1) is 17.3 Å². The van der Waals surface area contributed by atoms with E-state index in [4.69, 9.17) is 16.3 Å². The molecule has 2 aromatic rings. The van der Waals surface area contributed by atoms with Crippen molar-refractivity contribution in [3.05, 3.63) is 39.7 Å². The Morgan fingerprint density at radius 1 is 1.21 bits per heavy atom. The van der Waals surface area contributed by atoms with E-state index in [0.29, 0.717) is 73.9 Å². The standard InChI is InChI=1S/C29H34ClF2N5O5/c1-35-25(26(31)32)20(33-34-35)15-42-22-5-4-19(30)17-8-12-37(21(24(17)22)14-36-11-2-3-23(36)38)27(39)18-13-16-6-9-29(18,10-7-16)28(40)41/h4-5,16,18,21,26H,2-3,6-15H2,1H3,(H,40,41)/t16?,18-,21+,29?/m0/s1. The van der Waals surface area contributed by atoms with Crippen LogP contribution in [0.25, 0.3) is 0 Å². The number of aromatic nitrogens is 3. The Morgan fingerprint density at radius 2 is 1.98 bits per heavy atom. The van der Waals surface area contributed by atoms with E-state index in [2.05, 4.69) is 10.3 Å². The van der Waals surface area contributed by atoms with Crippen LogP contribution in [-0.4, -0.2) is 67.3 Å². The SMILES string of the molecule is Cn1nnc(COc2ccc(Cl)c3c2[C@@H](CN2CCCC2=O)N(C(=O)[C@@H]2CC4CCC2(C(=O)O)CC4)CC3)c1C(F)F. The van der Waals surface area contributed by atoms with Crippen molar-refractivity contribution >= 4 is 29.4 Å². The zero-order chi connectivity index (χ0) is 29.8. The minimum absolute atomic E-state index is 0.00663. The maximum absolute atomic E-state index is 14.4. The summed E-state index contributed by atoms with van der Waals surface area (Å²) in [5, 5.41) is 18.4. The first-order chi connectivity index (χ1) is 20.1. The van der Waals surface area contributed by atoms with Gasteiger partial charge < -0.3 is 19.6 Å². The largest absolute Gasteiger partial charge is 0.487 e. The number of benzene rings is 1. The third-order valence-corrected chi connectivity index (χ3v) is 10.2. The van der Waals surface area contributed by atoms with Crippen LogP contribution >= 0.6 is 11.6 Å². The lowest BCUT2D eigenvalue weighted by Gasteiger charge is -2.51. The molecule has 226 valence electrons. The van der Waals surface area contributed by atoms with Crippen LogP contribution in [-0.2, 0) is 34.5 Å². The summed E-state index contributed by atoms with van der Waals surface area (Å²) in [4.78, 5) is 43.2. The van der Waals surface area contributed by atoms with Gasteiger partial charge in [0, 0.05) is 43.7 Å². The molecular formula is C29H34ClF2N5O5. The number of likely N-dealkylation sites (tertiary alicyclic amines) is 1. The van der Waals surface area contributed by atoms with E-state index in [1.807, 2.05) is 0 Å². The highest BCUT2D eigenvalue weighted by Crippen LogP contribution is 2.55. The van der Waals surface area contributed by atoms with Gasteiger partial charge >= 0.3 is 5.97 Å². The molecule has 1 aromatic heterocycles. The fourth-order valence-corrected chi connectivity index (χ4v) is 7.88. The van der Waals surface area contributed by atoms with E-state index < -0.39 is 29.8 Å². The Labute approximate surface area is 246 Å². The fourth-order valence-electron chi connectivity index (χ4n) is 7.62. The molecule has 1 saturated heterocycles. The van der Waals surface area contributed by atoms with E-state index in [1.54, 1.807) is 21.9 Å². The molecule has 42 heavy (non-hydrogen) atoms. The molecule has 13 heteroatoms. The first kappa shape index (κ1) is 28.8. The molecule has 0 spiro atoms. The Kier molecular flexibility index (Phi) is 7.61. The van der Waals surface area contributed by atoms with Gasteiger partial charge in [-0.3, -0.25) is 14.4 Å². The van der Waals surface area contributed by atoms with Gasteiger partial charge in [-0.25, -0.2) is 13.5 Å². The molecule has 4 fully saturated rings. The van der Waals surface area contributed by atoms with Crippen molar-refractivity contribution in [2.45, 2.75) is 70.4 Å². The van der Waals surface area contributed by atoms with E-state index in [1.165, 1.54) is 7.05 Å². The molecule has 7 rings (SSSR count). The number of carboxylic acids is 1. The summed E-state index contributed by atoms with van der Waals surface area (Å²) in [5.41, 5.74) is -0.0605. The molecule has 3 aliphatic carbocycles. The highest BCUT2D eigenvalue weighted by molar-refractivity contribution is 6.31. The Bertz CT molecular complexity index is 1410. The maximum Gasteiger partial charge on any atom is 0.310 e. The maximum atomic E-state index is 14.4. The Balaban J connectivity index is 1.38. The highest BCUT2D eigenvalue weighted by atomic mass is 35.5. The summed E-state index contributed by atoms with van der Waals surface area (Å²) in [7, 11) is 1.39. The number of alkyl halides is 2. The molecule has 10 nitrogen and oxygen atoms in total. The zero-order valence-electron chi connectivity index (χ0n) is 23.4. The van der Waals surface area contributed by atoms with Gasteiger partial charge in [0.25, 0.3) is 6.43 Å². The second kappa shape index (κ2) is 11.1. The zero-order valence-corrected chi connectivity index (χ0v) is 24.2. The number of fused-ring (bicyclic) bond motifs is 4. The lowest BCUT2D eigenvalue weighted by Crippen LogP contribution is -2.56. The molecule has 0 unspecified atom stereocenters. The van der Waals surface area contributed by atoms with Gasteiger partial charge in [0.15, 0.2) is 0 Å². The van der Waals surface area contributed by atoms with E-state index in [9.17, 15) is 28.3 Å². The smallest absolute Gasteiger partial charge is 0.310 e. The van der Waals surface area contributed by atoms with Gasteiger partial charge in [0.2, 0.25) is 11.8 Å². The monoisotopic (exact) mass is 605 g/mol. The summed E-state index contributed by atoms with van der Waals surface area (Å²) in [5.74, 6) is -1.14. The summed E-state index contributed by atoms with van der Waals surface area (Å²) in [6.45, 7) is 0.791. The molecule has 3 heterocycles. The summed E-state index contributed by atoms with van der Waals surface area (Å²) in [6, 6.07) is 2.68. The number of hydrogen-bond donors (Lipinski definition) is 1. The van der Waals surface area contributed by atoms with Gasteiger partial charge in [0.1, 0.15) is 23.7 Å². The van der Waals surface area contributed by atoms with Crippen LogP contribution < -0.4 is 4.74 Å². The Hall–Kier alpha value is -3.28. The number of aryl methyl sites for hydroxylation is 1. The molecule has 1 aromatic carbocycles. The molecule has 2 aliphatic heterocycles. The summed E-state index contributed by atoms with van der Waals surface area (Å²) < 4.78 is 34.5. The Morgan fingerprint density at radius 3 is 2.64 bits per heavy atom. The normalized spacial score (nSPS) is 27.1. The van der Waals surface area contributed by atoms with Gasteiger partial charge in [-0.1, -0.05) is 16.8 Å². The average Bonchev–Trinajstić information content (AvgIpc) is 3.57. The van der Waals surface area contributed by atoms with Crippen molar-refractivity contribution in [2.24, 2.45) is 24.3 Å². The van der Waals surface area contributed by atoms with Crippen molar-refractivity contribution < 1.29 is 33.0 Å². The lowest BCUT2D eigenvalue weighted by molar-refractivity contribution is -0.171. The topological polar surface area (TPSA) is 118 Å². The van der Waals surface area contributed by atoms with E-state index in [-0.39, 0.29) is 36.4 Å². The molecule has 1 N–H and O–H groups in total. The van der Waals surface area contributed by atoms with Crippen LogP contribution in [0.15, 0.2) is 12.1 Å². The summed E-state index contributed by atoms with van der Waals surface area (Å²) >= 11 is 6.66. The molecule has 5 aliphatic rings. The number of ether oxygens (including phenoxy) is 1. The number of halogens is 3. The molecule has 2 atom stereocenters. The number of aliphatic carboxylic acids is 1. The second-order valence-corrected chi connectivity index (χ2v) is 12.4. The number of carboxylic acid groups (broad SMARTS) is 1. The molecule has 0 radical (unpaired) electrons. The number of carbonyl (C=O) groups is 3. The molecule has 2 amide bonds. The highest BCUT2D eigenvalue weighted by Gasteiger charge is 2.57. The lowest BCUT2D eigenvalue weighted by atomic mass is 9.54. The first-order valence-electron chi connectivity index (χ1n) is 14.5. The molecule has 2 bridgehead atoms. The average molecular weight is 606 g/mol. The van der Waals surface area contributed by atoms with E-state index >= 15 is 0 Å². The molecule has 3 saturated carbocycles. The van der Waals surface area contributed by atoms with Crippen LogP contribution in [0.3, 0.4) is 0 Å². The van der Waals surface area contributed by atoms with Gasteiger partial charge in [0.05, 0.1) is 17.4 Å². The number of nitrogens with zero attached hydrogens (tertiary/aromatic N) is 5. The van der Waals surface area contributed by atoms with Crippen molar-refractivity contribution in [2.75, 3.05) is 19.6 Å². The number of hydrogen-bond acceptors (Lipinski definition) is 6. The van der Waals surface area contributed by atoms with Crippen LogP contribution in [0.2, 0.25) is 5.02 Å². The van der Waals surface area contributed by atoms with Gasteiger partial charge in [-0.15, -0.1) is 5.10 Å². The fraction of sp³-hybridized carbons (Fsp3) is 0.621. The summed E-state index contributed by atoms with van der Waals surface area (Å²) in [6.07, 6.45) is 1.85. The first-order valence-corrected chi connectivity index (χ1v) is 14.9. The van der Waals surface area contributed by atoms with Crippen LogP contribution in [0.4, 0.5) is 8.78 Å². The van der Waals surface area contributed by atoms with Crippen molar-refractivity contribution in [3.63, 3.8) is 0 Å². The van der Waals surface area contributed by atoms with Crippen LogP contribution in [0.5, 0.6) is 5.75 Å².